The summed E-state index contributed by atoms with van der Waals surface area (Å²) in [4.78, 5) is 15.3. The van der Waals surface area contributed by atoms with Crippen LogP contribution in [0.25, 0.3) is 0 Å². The number of hydrogen-bond acceptors (Lipinski definition) is 4. The third-order valence-electron chi connectivity index (χ3n) is 6.53. The van der Waals surface area contributed by atoms with Crippen LogP contribution in [0.15, 0.2) is 36.4 Å². The number of hydrogen-bond donors (Lipinski definition) is 0. The fourth-order valence-electron chi connectivity index (χ4n) is 4.94. The fraction of sp³-hybridized carbons (Fsp3) is 0.500. The number of fused-ring (bicyclic) bond motifs is 1. The number of piperidine rings is 1. The van der Waals surface area contributed by atoms with Crippen molar-refractivity contribution in [2.24, 2.45) is 5.92 Å². The maximum atomic E-state index is 15.9. The second-order valence-corrected chi connectivity index (χ2v) is 8.84. The zero-order valence-corrected chi connectivity index (χ0v) is 18.8. The molecule has 1 aliphatic heterocycles. The Hall–Kier alpha value is -2.47. The summed E-state index contributed by atoms with van der Waals surface area (Å²) < 4.78 is 40.3. The molecule has 1 saturated heterocycles. The zero-order valence-electron chi connectivity index (χ0n) is 18.8. The van der Waals surface area contributed by atoms with Gasteiger partial charge in [0.05, 0.1) is 13.2 Å². The number of ketones is 1. The Morgan fingerprint density at radius 3 is 2.28 bits per heavy atom. The van der Waals surface area contributed by atoms with E-state index < -0.39 is 11.5 Å². The van der Waals surface area contributed by atoms with Gasteiger partial charge in [0.15, 0.2) is 17.2 Å². The van der Waals surface area contributed by atoms with Crippen molar-refractivity contribution in [3.05, 3.63) is 58.9 Å². The van der Waals surface area contributed by atoms with Gasteiger partial charge < -0.3 is 9.47 Å². The van der Waals surface area contributed by atoms with E-state index in [1.165, 1.54) is 12.1 Å². The van der Waals surface area contributed by atoms with Gasteiger partial charge in [-0.1, -0.05) is 12.1 Å². The Morgan fingerprint density at radius 2 is 1.66 bits per heavy atom. The molecule has 1 heterocycles. The minimum atomic E-state index is -1.86. The molecule has 0 radical (unpaired) electrons. The molecule has 2 aliphatic rings. The Kier molecular flexibility index (Phi) is 6.79. The monoisotopic (exact) mass is 443 g/mol. The number of benzene rings is 2. The zero-order chi connectivity index (χ0) is 22.7. The van der Waals surface area contributed by atoms with E-state index in [1.54, 1.807) is 24.3 Å². The van der Waals surface area contributed by atoms with E-state index in [1.807, 2.05) is 13.8 Å². The minimum Gasteiger partial charge on any atom is -0.490 e. The number of alkyl halides is 1. The Bertz CT molecular complexity index is 954. The molecule has 2 aromatic carbocycles. The van der Waals surface area contributed by atoms with E-state index in [0.717, 1.165) is 38.0 Å². The molecule has 0 aromatic heterocycles. The second-order valence-electron chi connectivity index (χ2n) is 8.84. The minimum absolute atomic E-state index is 0.101. The Labute approximate surface area is 188 Å². The normalized spacial score (nSPS) is 21.6. The summed E-state index contributed by atoms with van der Waals surface area (Å²) in [5, 5.41) is 0. The van der Waals surface area contributed by atoms with Gasteiger partial charge in [-0.3, -0.25) is 9.69 Å². The summed E-state index contributed by atoms with van der Waals surface area (Å²) in [7, 11) is 0. The number of carbonyl (C=O) groups excluding carboxylic acids is 1. The van der Waals surface area contributed by atoms with Gasteiger partial charge in [-0.2, -0.15) is 0 Å². The maximum Gasteiger partial charge on any atom is 0.200 e. The molecule has 0 saturated carbocycles. The molecule has 0 amide bonds. The first-order valence-electron chi connectivity index (χ1n) is 11.5. The predicted molar refractivity (Wildman–Crippen MR) is 120 cm³/mol. The highest BCUT2D eigenvalue weighted by atomic mass is 19.1. The van der Waals surface area contributed by atoms with Crippen molar-refractivity contribution in [1.29, 1.82) is 0 Å². The van der Waals surface area contributed by atoms with E-state index in [4.69, 9.17) is 9.47 Å². The molecule has 1 fully saturated rings. The molecule has 32 heavy (non-hydrogen) atoms. The molecule has 172 valence electrons. The lowest BCUT2D eigenvalue weighted by atomic mass is 9.83. The van der Waals surface area contributed by atoms with Crippen molar-refractivity contribution < 1.29 is 23.0 Å². The predicted octanol–water partition coefficient (Wildman–Crippen LogP) is 5.37. The number of ether oxygens (including phenoxy) is 2. The Morgan fingerprint density at radius 1 is 1.03 bits per heavy atom. The molecule has 4 rings (SSSR count). The smallest absolute Gasteiger partial charge is 0.200 e. The van der Waals surface area contributed by atoms with Crippen molar-refractivity contribution in [2.45, 2.75) is 51.7 Å². The number of nitrogens with zero attached hydrogens (tertiary/aromatic N) is 1. The number of halogens is 2. The van der Waals surface area contributed by atoms with Crippen LogP contribution in [0.3, 0.4) is 0 Å². The van der Waals surface area contributed by atoms with Gasteiger partial charge in [0.25, 0.3) is 0 Å². The summed E-state index contributed by atoms with van der Waals surface area (Å²) in [6.07, 6.45) is 2.05. The summed E-state index contributed by atoms with van der Waals surface area (Å²) in [6, 6.07) is 9.99. The summed E-state index contributed by atoms with van der Waals surface area (Å²) in [6.45, 7) is 7.14. The van der Waals surface area contributed by atoms with Crippen LogP contribution in [0.1, 0.15) is 54.6 Å². The molecular formula is C26H31F2NO3. The van der Waals surface area contributed by atoms with Crippen molar-refractivity contribution in [1.82, 2.24) is 4.90 Å². The van der Waals surface area contributed by atoms with Crippen molar-refractivity contribution in [3.63, 3.8) is 0 Å². The average molecular weight is 444 g/mol. The maximum absolute atomic E-state index is 15.9. The lowest BCUT2D eigenvalue weighted by Gasteiger charge is -2.34. The van der Waals surface area contributed by atoms with E-state index in [9.17, 15) is 9.18 Å². The van der Waals surface area contributed by atoms with Gasteiger partial charge in [0.1, 0.15) is 5.82 Å². The second kappa shape index (κ2) is 9.57. The lowest BCUT2D eigenvalue weighted by molar-refractivity contribution is 0.0587. The molecule has 0 N–H and O–H groups in total. The Balaban J connectivity index is 1.38. The van der Waals surface area contributed by atoms with E-state index in [-0.39, 0.29) is 24.6 Å². The van der Waals surface area contributed by atoms with Crippen LogP contribution >= 0.6 is 0 Å². The van der Waals surface area contributed by atoms with Gasteiger partial charge in [-0.15, -0.1) is 0 Å². The van der Waals surface area contributed by atoms with E-state index in [0.29, 0.717) is 35.8 Å². The highest BCUT2D eigenvalue weighted by Crippen LogP contribution is 2.43. The summed E-state index contributed by atoms with van der Waals surface area (Å²) in [5.74, 6) is 0.578. The van der Waals surface area contributed by atoms with Gasteiger partial charge in [-0.05, 0) is 87.5 Å². The van der Waals surface area contributed by atoms with E-state index >= 15 is 4.39 Å². The van der Waals surface area contributed by atoms with Gasteiger partial charge in [0, 0.05) is 18.5 Å². The first kappa shape index (κ1) is 22.7. The molecular weight excluding hydrogens is 412 g/mol. The third-order valence-corrected chi connectivity index (χ3v) is 6.53. The van der Waals surface area contributed by atoms with Crippen LogP contribution in [-0.2, 0) is 13.0 Å². The molecule has 6 heteroatoms. The standard InChI is InChI=1S/C26H31F2NO3/c1-3-31-23-13-20-16-26(28,25(30)22(20)14-24(23)32-4-2)15-18-9-11-29(12-10-18)17-19-5-7-21(27)8-6-19/h5-8,13-14,18H,3-4,9-12,15-17H2,1-2H3. The van der Waals surface area contributed by atoms with Gasteiger partial charge >= 0.3 is 0 Å². The topological polar surface area (TPSA) is 38.8 Å². The SMILES string of the molecule is CCOc1cc2c(cc1OCC)C(=O)C(F)(CC1CCN(Cc3ccc(F)cc3)CC1)C2. The number of likely N-dealkylation sites (tertiary alicyclic amines) is 1. The first-order valence-corrected chi connectivity index (χ1v) is 11.5. The van der Waals surface area contributed by atoms with E-state index in [2.05, 4.69) is 4.90 Å². The van der Waals surface area contributed by atoms with Crippen LogP contribution in [0.2, 0.25) is 0 Å². The number of carbonyl (C=O) groups is 1. The van der Waals surface area contributed by atoms with Crippen LogP contribution in [0, 0.1) is 11.7 Å². The largest absolute Gasteiger partial charge is 0.490 e. The highest BCUT2D eigenvalue weighted by Gasteiger charge is 2.48. The quantitative estimate of drug-likeness (QED) is 0.550. The van der Waals surface area contributed by atoms with Crippen LogP contribution in [0.5, 0.6) is 11.5 Å². The molecule has 1 unspecified atom stereocenters. The molecule has 1 aliphatic carbocycles. The average Bonchev–Trinajstić information content (AvgIpc) is 3.01. The molecule has 2 aromatic rings. The molecule has 0 bridgehead atoms. The number of rotatable bonds is 8. The van der Waals surface area contributed by atoms with Crippen molar-refractivity contribution in [3.8, 4) is 11.5 Å². The molecule has 0 spiro atoms. The molecule has 4 nitrogen and oxygen atoms in total. The van der Waals surface area contributed by atoms with Crippen LogP contribution in [0.4, 0.5) is 8.78 Å². The fourth-order valence-corrected chi connectivity index (χ4v) is 4.94. The van der Waals surface area contributed by atoms with Crippen molar-refractivity contribution >= 4 is 5.78 Å². The van der Waals surface area contributed by atoms with Gasteiger partial charge in [-0.25, -0.2) is 8.78 Å². The summed E-state index contributed by atoms with van der Waals surface area (Å²) >= 11 is 0. The lowest BCUT2D eigenvalue weighted by Crippen LogP contribution is -2.38. The highest BCUT2D eigenvalue weighted by molar-refractivity contribution is 6.07. The van der Waals surface area contributed by atoms with Crippen LogP contribution < -0.4 is 9.47 Å². The van der Waals surface area contributed by atoms with Gasteiger partial charge in [0.2, 0.25) is 5.78 Å². The molecule has 1 atom stereocenters. The first-order chi connectivity index (χ1) is 15.4. The van der Waals surface area contributed by atoms with Crippen LogP contribution in [-0.4, -0.2) is 42.7 Å². The number of Topliss-reactive ketones (excluding diaryl/α,β-unsaturated/α-hetero) is 1. The third kappa shape index (κ3) is 4.80. The summed E-state index contributed by atoms with van der Waals surface area (Å²) in [5.41, 5.74) is 0.343. The van der Waals surface area contributed by atoms with Crippen molar-refractivity contribution in [2.75, 3.05) is 26.3 Å².